The Kier molecular flexibility index (Phi) is 4.80. The third-order valence-corrected chi connectivity index (χ3v) is 3.82. The van der Waals surface area contributed by atoms with Gasteiger partial charge < -0.3 is 16.2 Å². The number of aliphatic carboxylic acids is 1. The second-order valence-electron chi connectivity index (χ2n) is 5.27. The molecule has 0 saturated carbocycles. The van der Waals surface area contributed by atoms with Gasteiger partial charge in [-0.1, -0.05) is 13.0 Å². The standard InChI is InChI=1S/C15H21N3O3/c1-2-12(18-8-4-7-13(18)15(20)21)14(19)17-11-6-3-5-10(16)9-11/h3,5-6,9,12-13H,2,4,7-8,16H2,1H3,(H,17,19)(H,20,21). The zero-order valence-electron chi connectivity index (χ0n) is 12.1. The van der Waals surface area contributed by atoms with Gasteiger partial charge in [0.05, 0.1) is 6.04 Å². The van der Waals surface area contributed by atoms with Crippen molar-refractivity contribution in [1.82, 2.24) is 4.90 Å². The van der Waals surface area contributed by atoms with Gasteiger partial charge in [0, 0.05) is 11.4 Å². The van der Waals surface area contributed by atoms with Crippen molar-refractivity contribution < 1.29 is 14.7 Å². The van der Waals surface area contributed by atoms with Crippen LogP contribution in [0.15, 0.2) is 24.3 Å². The van der Waals surface area contributed by atoms with Crippen LogP contribution in [-0.4, -0.2) is 40.5 Å². The lowest BCUT2D eigenvalue weighted by molar-refractivity contribution is -0.143. The quantitative estimate of drug-likeness (QED) is 0.715. The topological polar surface area (TPSA) is 95.7 Å². The molecule has 114 valence electrons. The molecule has 0 aliphatic carbocycles. The van der Waals surface area contributed by atoms with Gasteiger partial charge in [0.15, 0.2) is 0 Å². The molecular formula is C15H21N3O3. The molecule has 1 heterocycles. The summed E-state index contributed by atoms with van der Waals surface area (Å²) >= 11 is 0. The van der Waals surface area contributed by atoms with E-state index < -0.39 is 18.1 Å². The highest BCUT2D eigenvalue weighted by Gasteiger charge is 2.37. The average Bonchev–Trinajstić information content (AvgIpc) is 2.89. The second kappa shape index (κ2) is 6.58. The van der Waals surface area contributed by atoms with Gasteiger partial charge in [-0.05, 0) is 44.0 Å². The lowest BCUT2D eigenvalue weighted by Crippen LogP contribution is -2.48. The molecule has 0 radical (unpaired) electrons. The fourth-order valence-electron chi connectivity index (χ4n) is 2.84. The molecule has 2 atom stereocenters. The highest BCUT2D eigenvalue weighted by atomic mass is 16.4. The fraction of sp³-hybridized carbons (Fsp3) is 0.467. The molecule has 1 amide bonds. The number of carboxylic acids is 1. The predicted octanol–water partition coefficient (Wildman–Crippen LogP) is 1.53. The number of hydrogen-bond donors (Lipinski definition) is 3. The predicted molar refractivity (Wildman–Crippen MR) is 80.9 cm³/mol. The summed E-state index contributed by atoms with van der Waals surface area (Å²) in [7, 11) is 0. The molecule has 2 unspecified atom stereocenters. The molecule has 1 aliphatic rings. The summed E-state index contributed by atoms with van der Waals surface area (Å²) < 4.78 is 0. The van der Waals surface area contributed by atoms with Crippen LogP contribution >= 0.6 is 0 Å². The van der Waals surface area contributed by atoms with Crippen molar-refractivity contribution in [3.63, 3.8) is 0 Å². The van der Waals surface area contributed by atoms with E-state index in [4.69, 9.17) is 5.73 Å². The Morgan fingerprint density at radius 3 is 2.90 bits per heavy atom. The summed E-state index contributed by atoms with van der Waals surface area (Å²) in [5, 5.41) is 12.1. The highest BCUT2D eigenvalue weighted by molar-refractivity contribution is 5.95. The Morgan fingerprint density at radius 2 is 2.29 bits per heavy atom. The summed E-state index contributed by atoms with van der Waals surface area (Å²) in [5.41, 5.74) is 6.89. The molecule has 1 saturated heterocycles. The summed E-state index contributed by atoms with van der Waals surface area (Å²) in [6.45, 7) is 2.53. The highest BCUT2D eigenvalue weighted by Crippen LogP contribution is 2.23. The van der Waals surface area contributed by atoms with Crippen molar-refractivity contribution >= 4 is 23.3 Å². The molecule has 0 bridgehead atoms. The summed E-state index contributed by atoms with van der Waals surface area (Å²) in [4.78, 5) is 25.5. The number of anilines is 2. The van der Waals surface area contributed by atoms with Gasteiger partial charge in [-0.3, -0.25) is 14.5 Å². The summed E-state index contributed by atoms with van der Waals surface area (Å²) in [6.07, 6.45) is 1.97. The Morgan fingerprint density at radius 1 is 1.52 bits per heavy atom. The molecule has 4 N–H and O–H groups in total. The molecule has 1 aromatic carbocycles. The van der Waals surface area contributed by atoms with E-state index in [1.807, 2.05) is 6.92 Å². The molecule has 21 heavy (non-hydrogen) atoms. The van der Waals surface area contributed by atoms with Crippen molar-refractivity contribution in [2.45, 2.75) is 38.3 Å². The largest absolute Gasteiger partial charge is 0.480 e. The maximum absolute atomic E-state index is 12.4. The molecule has 1 aromatic rings. The molecule has 6 heteroatoms. The van der Waals surface area contributed by atoms with Crippen LogP contribution in [0.5, 0.6) is 0 Å². The summed E-state index contributed by atoms with van der Waals surface area (Å²) in [6, 6.07) is 5.95. The van der Waals surface area contributed by atoms with Gasteiger partial charge in [-0.2, -0.15) is 0 Å². The van der Waals surface area contributed by atoms with Crippen LogP contribution in [0.25, 0.3) is 0 Å². The maximum Gasteiger partial charge on any atom is 0.320 e. The molecule has 0 spiro atoms. The lowest BCUT2D eigenvalue weighted by atomic mass is 10.1. The molecular weight excluding hydrogens is 270 g/mol. The second-order valence-corrected chi connectivity index (χ2v) is 5.27. The van der Waals surface area contributed by atoms with Crippen LogP contribution in [0, 0.1) is 0 Å². The monoisotopic (exact) mass is 291 g/mol. The van der Waals surface area contributed by atoms with Crippen LogP contribution in [0.3, 0.4) is 0 Å². The molecule has 1 aliphatic heterocycles. The molecule has 2 rings (SSSR count). The van der Waals surface area contributed by atoms with Crippen molar-refractivity contribution in [1.29, 1.82) is 0 Å². The van der Waals surface area contributed by atoms with Crippen molar-refractivity contribution in [2.24, 2.45) is 0 Å². The molecule has 6 nitrogen and oxygen atoms in total. The van der Waals surface area contributed by atoms with Crippen molar-refractivity contribution in [2.75, 3.05) is 17.6 Å². The fourth-order valence-corrected chi connectivity index (χ4v) is 2.84. The number of carbonyl (C=O) groups excluding carboxylic acids is 1. The van der Waals surface area contributed by atoms with Crippen LogP contribution in [0.2, 0.25) is 0 Å². The SMILES string of the molecule is CCC(C(=O)Nc1cccc(N)c1)N1CCCC1C(=O)O. The smallest absolute Gasteiger partial charge is 0.320 e. The normalized spacial score (nSPS) is 20.1. The van der Waals surface area contributed by atoms with Crippen molar-refractivity contribution in [3.8, 4) is 0 Å². The number of carbonyl (C=O) groups is 2. The number of hydrogen-bond acceptors (Lipinski definition) is 4. The zero-order valence-corrected chi connectivity index (χ0v) is 12.1. The van der Waals surface area contributed by atoms with E-state index in [2.05, 4.69) is 5.32 Å². The van der Waals surface area contributed by atoms with Gasteiger partial charge in [-0.15, -0.1) is 0 Å². The Labute approximate surface area is 123 Å². The van der Waals surface area contributed by atoms with E-state index in [1.165, 1.54) is 0 Å². The minimum Gasteiger partial charge on any atom is -0.480 e. The number of nitrogens with zero attached hydrogens (tertiary/aromatic N) is 1. The van der Waals surface area contributed by atoms with Gasteiger partial charge in [0.1, 0.15) is 6.04 Å². The van der Waals surface area contributed by atoms with E-state index in [9.17, 15) is 14.7 Å². The Balaban J connectivity index is 2.10. The van der Waals surface area contributed by atoms with Crippen molar-refractivity contribution in [3.05, 3.63) is 24.3 Å². The van der Waals surface area contributed by atoms with Crippen LogP contribution in [0.1, 0.15) is 26.2 Å². The Bertz CT molecular complexity index is 533. The van der Waals surface area contributed by atoms with E-state index in [0.29, 0.717) is 30.8 Å². The molecule has 0 aromatic heterocycles. The Hall–Kier alpha value is -2.08. The van der Waals surface area contributed by atoms with Gasteiger partial charge in [0.2, 0.25) is 5.91 Å². The van der Waals surface area contributed by atoms with E-state index in [-0.39, 0.29) is 5.91 Å². The maximum atomic E-state index is 12.4. The number of likely N-dealkylation sites (tertiary alicyclic amines) is 1. The average molecular weight is 291 g/mol. The van der Waals surface area contributed by atoms with E-state index in [0.717, 1.165) is 6.42 Å². The third-order valence-electron chi connectivity index (χ3n) is 3.82. The number of benzene rings is 1. The minimum absolute atomic E-state index is 0.184. The lowest BCUT2D eigenvalue weighted by Gasteiger charge is -2.29. The first-order valence-corrected chi connectivity index (χ1v) is 7.18. The van der Waals surface area contributed by atoms with Crippen LogP contribution in [-0.2, 0) is 9.59 Å². The number of nitrogens with one attached hydrogen (secondary N) is 1. The first-order chi connectivity index (χ1) is 10.0. The number of nitrogen functional groups attached to an aromatic ring is 1. The van der Waals surface area contributed by atoms with E-state index in [1.54, 1.807) is 29.2 Å². The first-order valence-electron chi connectivity index (χ1n) is 7.18. The van der Waals surface area contributed by atoms with Gasteiger partial charge >= 0.3 is 5.97 Å². The first kappa shape index (κ1) is 15.3. The summed E-state index contributed by atoms with van der Waals surface area (Å²) in [5.74, 6) is -1.04. The zero-order chi connectivity index (χ0) is 15.4. The van der Waals surface area contributed by atoms with Gasteiger partial charge in [-0.25, -0.2) is 0 Å². The molecule has 1 fully saturated rings. The van der Waals surface area contributed by atoms with Crippen LogP contribution in [0.4, 0.5) is 11.4 Å². The minimum atomic E-state index is -0.859. The van der Waals surface area contributed by atoms with E-state index >= 15 is 0 Å². The number of amides is 1. The number of rotatable bonds is 5. The third kappa shape index (κ3) is 3.52. The number of nitrogens with two attached hydrogens (primary N) is 1. The van der Waals surface area contributed by atoms with Crippen LogP contribution < -0.4 is 11.1 Å². The number of carboxylic acid groups (broad SMARTS) is 1. The van der Waals surface area contributed by atoms with Gasteiger partial charge in [0.25, 0.3) is 0 Å².